The number of methoxy groups -OCH3 is 1. The van der Waals surface area contributed by atoms with Crippen LogP contribution in [0.2, 0.25) is 0 Å². The zero-order valence-corrected chi connectivity index (χ0v) is 14.5. The monoisotopic (exact) mass is 381 g/mol. The van der Waals surface area contributed by atoms with Gasteiger partial charge in [0.2, 0.25) is 5.95 Å². The highest BCUT2D eigenvalue weighted by Gasteiger charge is 2.24. The molecule has 138 valence electrons. The number of carbonyl (C=O) groups is 2. The second-order valence-electron chi connectivity index (χ2n) is 4.72. The van der Waals surface area contributed by atoms with Crippen LogP contribution >= 0.6 is 0 Å². The van der Waals surface area contributed by atoms with Crippen molar-refractivity contribution in [3.63, 3.8) is 0 Å². The van der Waals surface area contributed by atoms with Crippen molar-refractivity contribution < 1.29 is 22.7 Å². The normalized spacial score (nSPS) is 10.7. The van der Waals surface area contributed by atoms with Gasteiger partial charge in [-0.05, 0) is 19.1 Å². The van der Waals surface area contributed by atoms with E-state index in [0.29, 0.717) is 0 Å². The highest BCUT2D eigenvalue weighted by atomic mass is 32.2. The van der Waals surface area contributed by atoms with Crippen molar-refractivity contribution in [2.75, 3.05) is 12.4 Å². The standard InChI is InChI=1S/C13H15N7O5S/c1-7-15-11(18-13(16-7)25-2)17-12(22)20-26(23,24)9-6-4-3-5-8(9)10(21)19-14/h3-6H,14H2,1-2H3,(H,19,21)(H2,15,16,17,18,20,22). The van der Waals surface area contributed by atoms with Crippen LogP contribution in [0.4, 0.5) is 10.7 Å². The molecule has 0 bridgehead atoms. The number of amides is 3. The Kier molecular flexibility index (Phi) is 5.64. The van der Waals surface area contributed by atoms with E-state index < -0.39 is 26.9 Å². The first-order valence-corrected chi connectivity index (χ1v) is 8.45. The first kappa shape index (κ1) is 19.0. The summed E-state index contributed by atoms with van der Waals surface area (Å²) in [6.45, 7) is 1.53. The van der Waals surface area contributed by atoms with E-state index in [-0.39, 0.29) is 23.3 Å². The smallest absolute Gasteiger partial charge is 0.335 e. The average molecular weight is 381 g/mol. The first-order chi connectivity index (χ1) is 12.3. The summed E-state index contributed by atoms with van der Waals surface area (Å²) in [5.41, 5.74) is 1.60. The number of nitrogen functional groups attached to an aromatic ring is 1. The van der Waals surface area contributed by atoms with E-state index in [9.17, 15) is 18.0 Å². The molecule has 2 aromatic rings. The zero-order chi connectivity index (χ0) is 19.3. The summed E-state index contributed by atoms with van der Waals surface area (Å²) in [6.07, 6.45) is 0. The van der Waals surface area contributed by atoms with Crippen molar-refractivity contribution in [1.82, 2.24) is 25.1 Å². The summed E-state index contributed by atoms with van der Waals surface area (Å²) in [6, 6.07) is 4.04. The molecule has 1 heterocycles. The number of hydrazine groups is 1. The van der Waals surface area contributed by atoms with Gasteiger partial charge in [-0.25, -0.2) is 23.8 Å². The minimum atomic E-state index is -4.37. The van der Waals surface area contributed by atoms with Crippen LogP contribution in [-0.2, 0) is 10.0 Å². The lowest BCUT2D eigenvalue weighted by Crippen LogP contribution is -2.37. The van der Waals surface area contributed by atoms with Gasteiger partial charge in [0.1, 0.15) is 10.7 Å². The van der Waals surface area contributed by atoms with Crippen molar-refractivity contribution >= 4 is 27.9 Å². The Bertz CT molecular complexity index is 948. The Morgan fingerprint density at radius 2 is 1.85 bits per heavy atom. The lowest BCUT2D eigenvalue weighted by molar-refractivity contribution is 0.0950. The second-order valence-corrected chi connectivity index (χ2v) is 6.37. The molecule has 0 spiro atoms. The van der Waals surface area contributed by atoms with E-state index in [2.05, 4.69) is 20.3 Å². The fourth-order valence-electron chi connectivity index (χ4n) is 1.87. The number of urea groups is 1. The predicted molar refractivity (Wildman–Crippen MR) is 88.6 cm³/mol. The van der Waals surface area contributed by atoms with Crippen LogP contribution in [0.3, 0.4) is 0 Å². The van der Waals surface area contributed by atoms with Gasteiger partial charge in [-0.3, -0.25) is 15.5 Å². The highest BCUT2D eigenvalue weighted by molar-refractivity contribution is 7.90. The number of rotatable bonds is 5. The number of hydrogen-bond donors (Lipinski definition) is 4. The van der Waals surface area contributed by atoms with E-state index in [1.165, 1.54) is 32.2 Å². The summed E-state index contributed by atoms with van der Waals surface area (Å²) >= 11 is 0. The maximum Gasteiger partial charge on any atom is 0.335 e. The number of ether oxygens (including phenoxy) is 1. The molecule has 1 aromatic carbocycles. The van der Waals surface area contributed by atoms with Crippen LogP contribution in [0, 0.1) is 6.92 Å². The largest absolute Gasteiger partial charge is 0.467 e. The number of nitrogens with one attached hydrogen (secondary N) is 3. The maximum atomic E-state index is 12.4. The van der Waals surface area contributed by atoms with Crippen molar-refractivity contribution in [2.45, 2.75) is 11.8 Å². The van der Waals surface area contributed by atoms with Crippen LogP contribution in [0.5, 0.6) is 6.01 Å². The SMILES string of the molecule is COc1nc(C)nc(NC(=O)NS(=O)(=O)c2ccccc2C(=O)NN)n1. The summed E-state index contributed by atoms with van der Waals surface area (Å²) in [7, 11) is -3.05. The number of nitrogens with zero attached hydrogens (tertiary/aromatic N) is 3. The van der Waals surface area contributed by atoms with E-state index >= 15 is 0 Å². The van der Waals surface area contributed by atoms with Crippen LogP contribution in [0.15, 0.2) is 29.2 Å². The summed E-state index contributed by atoms with van der Waals surface area (Å²) < 4.78 is 31.4. The molecule has 0 unspecified atom stereocenters. The molecular formula is C13H15N7O5S. The lowest BCUT2D eigenvalue weighted by Gasteiger charge is -2.11. The third-order valence-electron chi connectivity index (χ3n) is 2.91. The number of benzene rings is 1. The minimum Gasteiger partial charge on any atom is -0.467 e. The van der Waals surface area contributed by atoms with Gasteiger partial charge in [-0.2, -0.15) is 15.0 Å². The Labute approximate surface area is 148 Å². The molecule has 3 amide bonds. The van der Waals surface area contributed by atoms with Gasteiger partial charge in [0.15, 0.2) is 0 Å². The molecule has 2 rings (SSSR count). The molecule has 5 N–H and O–H groups in total. The predicted octanol–water partition coefficient (Wildman–Crippen LogP) is -0.697. The fourth-order valence-corrected chi connectivity index (χ4v) is 2.99. The Morgan fingerprint density at radius 1 is 1.15 bits per heavy atom. The molecule has 26 heavy (non-hydrogen) atoms. The van der Waals surface area contributed by atoms with Crippen molar-refractivity contribution in [2.24, 2.45) is 5.84 Å². The number of hydrogen-bond acceptors (Lipinski definition) is 9. The molecule has 0 radical (unpaired) electrons. The van der Waals surface area contributed by atoms with Crippen LogP contribution in [0.1, 0.15) is 16.2 Å². The zero-order valence-electron chi connectivity index (χ0n) is 13.7. The van der Waals surface area contributed by atoms with E-state index in [1.54, 1.807) is 4.72 Å². The lowest BCUT2D eigenvalue weighted by atomic mass is 10.2. The van der Waals surface area contributed by atoms with Crippen LogP contribution < -0.4 is 26.0 Å². The van der Waals surface area contributed by atoms with Gasteiger partial charge in [-0.1, -0.05) is 12.1 Å². The van der Waals surface area contributed by atoms with E-state index in [4.69, 9.17) is 10.6 Å². The van der Waals surface area contributed by atoms with Crippen molar-refractivity contribution in [3.8, 4) is 6.01 Å². The third-order valence-corrected chi connectivity index (χ3v) is 4.30. The first-order valence-electron chi connectivity index (χ1n) is 6.97. The van der Waals surface area contributed by atoms with Crippen molar-refractivity contribution in [1.29, 1.82) is 0 Å². The highest BCUT2D eigenvalue weighted by Crippen LogP contribution is 2.15. The summed E-state index contributed by atoms with van der Waals surface area (Å²) in [4.78, 5) is 34.7. The Hall–Kier alpha value is -3.32. The van der Waals surface area contributed by atoms with Crippen LogP contribution in [0.25, 0.3) is 0 Å². The molecule has 0 aliphatic heterocycles. The number of aryl methyl sites for hydroxylation is 1. The number of anilines is 1. The topological polar surface area (TPSA) is 178 Å². The van der Waals surface area contributed by atoms with Gasteiger partial charge >= 0.3 is 12.0 Å². The molecular weight excluding hydrogens is 366 g/mol. The van der Waals surface area contributed by atoms with Gasteiger partial charge in [0, 0.05) is 0 Å². The van der Waals surface area contributed by atoms with Gasteiger partial charge in [0.25, 0.3) is 15.9 Å². The molecule has 0 fully saturated rings. The number of aromatic nitrogens is 3. The molecule has 0 aliphatic carbocycles. The van der Waals surface area contributed by atoms with Crippen LogP contribution in [-0.4, -0.2) is 42.4 Å². The molecule has 0 aliphatic rings. The van der Waals surface area contributed by atoms with E-state index in [0.717, 1.165) is 6.07 Å². The number of sulfonamides is 1. The third kappa shape index (κ3) is 4.40. The minimum absolute atomic E-state index is 0.0550. The maximum absolute atomic E-state index is 12.4. The number of carbonyl (C=O) groups excluding carboxylic acids is 2. The quantitative estimate of drug-likeness (QED) is 0.296. The van der Waals surface area contributed by atoms with Gasteiger partial charge < -0.3 is 4.74 Å². The van der Waals surface area contributed by atoms with E-state index in [1.807, 2.05) is 5.43 Å². The molecule has 12 nitrogen and oxygen atoms in total. The Morgan fingerprint density at radius 3 is 2.50 bits per heavy atom. The molecule has 0 atom stereocenters. The Balaban J connectivity index is 2.24. The molecule has 13 heteroatoms. The van der Waals surface area contributed by atoms with Gasteiger partial charge in [-0.15, -0.1) is 0 Å². The molecule has 0 saturated heterocycles. The summed E-state index contributed by atoms with van der Waals surface area (Å²) in [5, 5.41) is 2.15. The summed E-state index contributed by atoms with van der Waals surface area (Å²) in [5.74, 6) is 4.24. The van der Waals surface area contributed by atoms with Gasteiger partial charge in [0.05, 0.1) is 12.7 Å². The molecule has 0 saturated carbocycles. The fraction of sp³-hybridized carbons (Fsp3) is 0.154. The number of nitrogens with two attached hydrogens (primary N) is 1. The second kappa shape index (κ2) is 7.71. The molecule has 1 aromatic heterocycles. The average Bonchev–Trinajstić information content (AvgIpc) is 2.59. The van der Waals surface area contributed by atoms with Crippen molar-refractivity contribution in [3.05, 3.63) is 35.7 Å².